The summed E-state index contributed by atoms with van der Waals surface area (Å²) >= 11 is 0. The van der Waals surface area contributed by atoms with Crippen molar-refractivity contribution in [1.29, 1.82) is 2.61 Å². The molecule has 0 aliphatic heterocycles. The lowest BCUT2D eigenvalue weighted by Gasteiger charge is -2.24. The second kappa shape index (κ2) is 10.4. The van der Waals surface area contributed by atoms with Gasteiger partial charge in [-0.2, -0.15) is 4.98 Å². The summed E-state index contributed by atoms with van der Waals surface area (Å²) in [5.74, 6) is 0.0665. The summed E-state index contributed by atoms with van der Waals surface area (Å²) in [6.07, 6.45) is 2.59. The van der Waals surface area contributed by atoms with Gasteiger partial charge in [0.25, 0.3) is 5.88 Å². The van der Waals surface area contributed by atoms with Gasteiger partial charge in [-0.3, -0.25) is 14.3 Å². The van der Waals surface area contributed by atoms with Crippen molar-refractivity contribution in [3.05, 3.63) is 34.3 Å². The van der Waals surface area contributed by atoms with Crippen molar-refractivity contribution in [2.75, 3.05) is 5.75 Å². The van der Waals surface area contributed by atoms with Crippen LogP contribution in [0.2, 0.25) is 0 Å². The average Bonchev–Trinajstić information content (AvgIpc) is 2.97. The van der Waals surface area contributed by atoms with Gasteiger partial charge in [0.15, 0.2) is 0 Å². The van der Waals surface area contributed by atoms with Gasteiger partial charge in [-0.05, 0) is 52.7 Å². The molecule has 1 aromatic rings. The molecule has 11 heteroatoms. The molecule has 1 heterocycles. The van der Waals surface area contributed by atoms with E-state index in [1.165, 1.54) is 6.92 Å². The van der Waals surface area contributed by atoms with Crippen LogP contribution in [0.15, 0.2) is 12.7 Å². The van der Waals surface area contributed by atoms with Crippen LogP contribution in [0.1, 0.15) is 37.2 Å². The standard InChI is InChI=1S/C17H26BN3O5PS/c1-4-5-6-12-9-13(7-8-28(25)27-18)16(15(12)22)26-17-14(21(23)24)10(2)19-11(3)20-17/h4,12-13,15-16,18,22,27H,1,5-9H2,2-3H3/t12-,13-,15+,16-,27?,28?/m0/s1/i18T,27D. The zero-order valence-electron chi connectivity index (χ0n) is 18.0. The highest BCUT2D eigenvalue weighted by Crippen LogP contribution is 2.40. The fraction of sp³-hybridized carbons (Fsp3) is 0.647. The van der Waals surface area contributed by atoms with Crippen molar-refractivity contribution in [3.63, 3.8) is 0 Å². The summed E-state index contributed by atoms with van der Waals surface area (Å²) in [6, 6.07) is 0. The highest BCUT2D eigenvalue weighted by molar-refractivity contribution is 8.46. The highest BCUT2D eigenvalue weighted by atomic mass is 32.7. The highest BCUT2D eigenvalue weighted by Gasteiger charge is 2.44. The molecule has 0 bridgehead atoms. The molecule has 0 saturated heterocycles. The number of hydrogen-bond acceptors (Lipinski definition) is 7. The molecule has 28 heavy (non-hydrogen) atoms. The average molecular weight is 429 g/mol. The zero-order valence-corrected chi connectivity index (χ0v) is 17.7. The van der Waals surface area contributed by atoms with Crippen molar-refractivity contribution >= 4 is 31.2 Å². The fourth-order valence-electron chi connectivity index (χ4n) is 3.68. The Labute approximate surface area is 172 Å². The third kappa shape index (κ3) is 5.58. The number of allylic oxidation sites excluding steroid dienone is 1. The van der Waals surface area contributed by atoms with Crippen molar-refractivity contribution in [3.8, 4) is 5.88 Å². The van der Waals surface area contributed by atoms with Crippen LogP contribution in [0.25, 0.3) is 0 Å². The molecule has 2 unspecified atom stereocenters. The minimum Gasteiger partial charge on any atom is -0.466 e. The third-order valence-corrected chi connectivity index (χ3v) is 7.05. The van der Waals surface area contributed by atoms with E-state index in [9.17, 15) is 19.4 Å². The Morgan fingerprint density at radius 2 is 2.32 bits per heavy atom. The SMILES string of the molecule is [2H]P([B][3H])S(=O)CC[C@H]1C[C@H](CCC=C)[C@@H](O)[C@H]1Oc1nc(C)nc(C)c1[N+](=O)[O-]. The maximum atomic E-state index is 12.1. The van der Waals surface area contributed by atoms with Crippen LogP contribution in [0.5, 0.6) is 5.88 Å². The summed E-state index contributed by atoms with van der Waals surface area (Å²) in [6.45, 7) is 6.82. The first kappa shape index (κ1) is 19.9. The molecule has 0 aromatic carbocycles. The lowest BCUT2D eigenvalue weighted by Crippen LogP contribution is -2.35. The first-order valence-corrected chi connectivity index (χ1v) is 11.9. The van der Waals surface area contributed by atoms with Gasteiger partial charge in [0, 0.05) is 16.2 Å². The molecule has 1 saturated carbocycles. The van der Waals surface area contributed by atoms with Gasteiger partial charge in [0.1, 0.15) is 25.2 Å². The van der Waals surface area contributed by atoms with E-state index in [0.29, 0.717) is 31.5 Å². The van der Waals surface area contributed by atoms with Crippen molar-refractivity contribution in [1.82, 2.24) is 9.97 Å². The number of hydrogen-bond donors (Lipinski definition) is 1. The Balaban J connectivity index is 2.27. The number of aromatic nitrogens is 2. The molecular formula is C17H26BN3O5PS. The summed E-state index contributed by atoms with van der Waals surface area (Å²) in [4.78, 5) is 19.0. The fourth-order valence-corrected chi connectivity index (χ4v) is 4.92. The molecule has 0 spiro atoms. The third-order valence-electron chi connectivity index (χ3n) is 4.98. The first-order chi connectivity index (χ1) is 14.2. The van der Waals surface area contributed by atoms with Crippen molar-refractivity contribution in [2.24, 2.45) is 11.8 Å². The minimum atomic E-state index is -1.74. The predicted octanol–water partition coefficient (Wildman–Crippen LogP) is 2.26. The summed E-state index contributed by atoms with van der Waals surface area (Å²) in [5.41, 5.74) is -0.148. The Hall–Kier alpha value is -1.38. The van der Waals surface area contributed by atoms with Gasteiger partial charge in [-0.15, -0.1) is 6.58 Å². The molecule has 1 radical (unpaired) electrons. The van der Waals surface area contributed by atoms with Crippen LogP contribution in [0.3, 0.4) is 0 Å². The Morgan fingerprint density at radius 1 is 1.57 bits per heavy atom. The Morgan fingerprint density at radius 3 is 2.96 bits per heavy atom. The smallest absolute Gasteiger partial charge is 0.351 e. The lowest BCUT2D eigenvalue weighted by atomic mass is 9.98. The van der Waals surface area contributed by atoms with Crippen LogP contribution in [0, 0.1) is 35.8 Å². The molecule has 6 atom stereocenters. The van der Waals surface area contributed by atoms with Gasteiger partial charge < -0.3 is 9.84 Å². The summed E-state index contributed by atoms with van der Waals surface area (Å²) in [5, 5.41) is 22.4. The number of nitrogens with zero attached hydrogens (tertiary/aromatic N) is 3. The quantitative estimate of drug-likeness (QED) is 0.189. The first-order valence-electron chi connectivity index (χ1n) is 10.1. The number of ether oxygens (including phenoxy) is 1. The molecular weight excluding hydrogens is 400 g/mol. The Bertz CT molecular complexity index is 809. The molecule has 1 aromatic heterocycles. The number of aryl methyl sites for hydroxylation is 2. The number of rotatable bonds is 11. The largest absolute Gasteiger partial charge is 0.466 e. The van der Waals surface area contributed by atoms with Gasteiger partial charge in [0.2, 0.25) is 0 Å². The van der Waals surface area contributed by atoms with E-state index in [4.69, 9.17) is 7.35 Å². The number of aliphatic hydroxyl groups is 1. The zero-order chi connectivity index (χ0) is 22.4. The van der Waals surface area contributed by atoms with Gasteiger partial charge in [-0.25, -0.2) is 4.98 Å². The second-order valence-corrected chi connectivity index (χ2v) is 10.00. The van der Waals surface area contributed by atoms with E-state index < -0.39 is 35.2 Å². The van der Waals surface area contributed by atoms with Crippen LogP contribution >= 0.6 is 7.61 Å². The summed E-state index contributed by atoms with van der Waals surface area (Å²) < 4.78 is 32.9. The Kier molecular flexibility index (Phi) is 7.41. The van der Waals surface area contributed by atoms with Gasteiger partial charge in [-0.1, -0.05) is 13.7 Å². The summed E-state index contributed by atoms with van der Waals surface area (Å²) in [7, 11) is -2.31. The van der Waals surface area contributed by atoms with E-state index in [2.05, 4.69) is 16.5 Å². The van der Waals surface area contributed by atoms with E-state index in [1.54, 1.807) is 13.0 Å². The lowest BCUT2D eigenvalue weighted by molar-refractivity contribution is -0.387. The number of aliphatic hydroxyl groups excluding tert-OH is 1. The van der Waals surface area contributed by atoms with E-state index in [0.717, 1.165) is 7.53 Å². The maximum absolute atomic E-state index is 12.1. The molecule has 153 valence electrons. The van der Waals surface area contributed by atoms with Crippen LogP contribution < -0.4 is 4.74 Å². The van der Waals surface area contributed by atoms with Gasteiger partial charge in [0.05, 0.1) is 12.3 Å². The minimum absolute atomic E-state index is 0.0882. The molecule has 1 fully saturated rings. The molecule has 1 aliphatic rings. The van der Waals surface area contributed by atoms with E-state index >= 15 is 0 Å². The molecule has 1 N–H and O–H groups in total. The second-order valence-electron chi connectivity index (χ2n) is 6.88. The topological polar surface area (TPSA) is 115 Å². The molecule has 1 aliphatic carbocycles. The van der Waals surface area contributed by atoms with Crippen LogP contribution in [0.4, 0.5) is 5.69 Å². The molecule has 8 nitrogen and oxygen atoms in total. The normalized spacial score (nSPS) is 27.4. The van der Waals surface area contributed by atoms with Crippen LogP contribution in [-0.2, 0) is 10.4 Å². The van der Waals surface area contributed by atoms with Crippen LogP contribution in [-0.4, -0.2) is 52.3 Å². The van der Waals surface area contributed by atoms with E-state index in [1.807, 2.05) is 0 Å². The van der Waals surface area contributed by atoms with Crippen molar-refractivity contribution < 1.29 is 19.0 Å². The van der Waals surface area contributed by atoms with Crippen molar-refractivity contribution in [2.45, 2.75) is 51.7 Å². The van der Waals surface area contributed by atoms with E-state index in [-0.39, 0.29) is 34.8 Å². The monoisotopic (exact) mass is 429 g/mol. The predicted molar refractivity (Wildman–Crippen MR) is 113 cm³/mol. The van der Waals surface area contributed by atoms with Gasteiger partial charge >= 0.3 is 5.69 Å². The number of nitro groups is 1. The molecule has 0 amide bonds. The maximum Gasteiger partial charge on any atom is 0.351 e. The molecule has 2 rings (SSSR count).